The molecule has 4 N–H and O–H groups in total. The smallest absolute Gasteiger partial charge is 0.351 e. The van der Waals surface area contributed by atoms with Gasteiger partial charge in [-0.25, -0.2) is 9.18 Å². The summed E-state index contributed by atoms with van der Waals surface area (Å²) in [5, 5.41) is 18.9. The zero-order valence-corrected chi connectivity index (χ0v) is 9.73. The molecular weight excluding hydrogens is 257 g/mol. The van der Waals surface area contributed by atoms with Crippen molar-refractivity contribution in [3.63, 3.8) is 0 Å². The van der Waals surface area contributed by atoms with Crippen LogP contribution >= 0.6 is 0 Å². The quantitative estimate of drug-likeness (QED) is 0.559. The van der Waals surface area contributed by atoms with Gasteiger partial charge in [-0.1, -0.05) is 5.92 Å². The lowest BCUT2D eigenvalue weighted by molar-refractivity contribution is -0.0922. The molecule has 0 saturated carbocycles. The van der Waals surface area contributed by atoms with Crippen LogP contribution in [0.15, 0.2) is 17.1 Å². The van der Waals surface area contributed by atoms with Gasteiger partial charge in [0.15, 0.2) is 18.0 Å². The van der Waals surface area contributed by atoms with Crippen LogP contribution < -0.4 is 11.4 Å². The first-order valence-corrected chi connectivity index (χ1v) is 5.38. The molecule has 1 aliphatic rings. The van der Waals surface area contributed by atoms with Crippen molar-refractivity contribution in [2.75, 3.05) is 12.3 Å². The lowest BCUT2D eigenvalue weighted by Gasteiger charge is -2.23. The van der Waals surface area contributed by atoms with Gasteiger partial charge in [0, 0.05) is 6.20 Å². The monoisotopic (exact) mass is 269 g/mol. The molecule has 2 rings (SSSR count). The van der Waals surface area contributed by atoms with Crippen molar-refractivity contribution in [3.8, 4) is 12.3 Å². The summed E-state index contributed by atoms with van der Waals surface area (Å²) in [4.78, 5) is 15.0. The van der Waals surface area contributed by atoms with Crippen LogP contribution in [0.25, 0.3) is 0 Å². The number of hydrogen-bond donors (Lipinski definition) is 3. The highest BCUT2D eigenvalue weighted by Crippen LogP contribution is 2.37. The molecule has 7 nitrogen and oxygen atoms in total. The Labute approximate surface area is 107 Å². The van der Waals surface area contributed by atoms with E-state index in [1.165, 1.54) is 12.3 Å². The van der Waals surface area contributed by atoms with E-state index in [0.29, 0.717) is 0 Å². The number of nitrogen functional groups attached to an aromatic ring is 1. The summed E-state index contributed by atoms with van der Waals surface area (Å²) in [5.41, 5.74) is 2.59. The molecule has 2 heterocycles. The second-order valence-corrected chi connectivity index (χ2v) is 4.13. The number of nitrogens with zero attached hydrogens (tertiary/aromatic N) is 2. The van der Waals surface area contributed by atoms with Crippen LogP contribution in [0.2, 0.25) is 0 Å². The molecule has 4 atom stereocenters. The highest BCUT2D eigenvalue weighted by molar-refractivity contribution is 5.24. The van der Waals surface area contributed by atoms with Crippen molar-refractivity contribution < 1.29 is 19.3 Å². The second kappa shape index (κ2) is 4.62. The number of nitrogens with two attached hydrogens (primary N) is 1. The van der Waals surface area contributed by atoms with Gasteiger partial charge in [0.05, 0.1) is 6.61 Å². The third-order valence-corrected chi connectivity index (χ3v) is 2.99. The Bertz CT molecular complexity index is 584. The van der Waals surface area contributed by atoms with Crippen LogP contribution in [0.1, 0.15) is 6.23 Å². The number of alkyl halides is 1. The topological polar surface area (TPSA) is 111 Å². The number of rotatable bonds is 2. The molecule has 0 aliphatic carbocycles. The number of aliphatic hydroxyl groups is 2. The minimum absolute atomic E-state index is 0.0272. The first-order valence-electron chi connectivity index (χ1n) is 5.38. The molecule has 0 amide bonds. The van der Waals surface area contributed by atoms with Gasteiger partial charge in [0.2, 0.25) is 0 Å². The van der Waals surface area contributed by atoms with Crippen molar-refractivity contribution in [2.24, 2.45) is 0 Å². The molecule has 19 heavy (non-hydrogen) atoms. The highest BCUT2D eigenvalue weighted by Gasteiger charge is 2.55. The van der Waals surface area contributed by atoms with Gasteiger partial charge < -0.3 is 20.7 Å². The summed E-state index contributed by atoms with van der Waals surface area (Å²) >= 11 is 0. The number of halogens is 1. The first-order chi connectivity index (χ1) is 8.95. The fourth-order valence-corrected chi connectivity index (χ4v) is 1.89. The summed E-state index contributed by atoms with van der Waals surface area (Å²) in [6, 6.07) is 1.28. The SMILES string of the molecule is C#C[C@]1(CO)O[C@@H](n2ccc(N)nc2=O)[C@H](F)[C@@H]1O. The largest absolute Gasteiger partial charge is 0.392 e. The molecule has 0 spiro atoms. The van der Waals surface area contributed by atoms with Crippen LogP contribution in [0.5, 0.6) is 0 Å². The van der Waals surface area contributed by atoms with Gasteiger partial charge in [-0.15, -0.1) is 6.42 Å². The number of aliphatic hydroxyl groups excluding tert-OH is 2. The lowest BCUT2D eigenvalue weighted by atomic mass is 9.98. The highest BCUT2D eigenvalue weighted by atomic mass is 19.1. The van der Waals surface area contributed by atoms with E-state index < -0.39 is 36.4 Å². The Hall–Kier alpha value is -1.95. The van der Waals surface area contributed by atoms with E-state index in [0.717, 1.165) is 4.57 Å². The Morgan fingerprint density at radius 3 is 2.89 bits per heavy atom. The van der Waals surface area contributed by atoms with Gasteiger partial charge in [-0.3, -0.25) is 4.57 Å². The van der Waals surface area contributed by atoms with Gasteiger partial charge in [0.1, 0.15) is 11.9 Å². The summed E-state index contributed by atoms with van der Waals surface area (Å²) in [7, 11) is 0. The third-order valence-electron chi connectivity index (χ3n) is 2.99. The molecule has 1 saturated heterocycles. The summed E-state index contributed by atoms with van der Waals surface area (Å²) in [6.45, 7) is -0.779. The minimum atomic E-state index is -1.98. The maximum Gasteiger partial charge on any atom is 0.351 e. The van der Waals surface area contributed by atoms with Crippen molar-refractivity contribution in [1.29, 1.82) is 0 Å². The lowest BCUT2D eigenvalue weighted by Crippen LogP contribution is -2.44. The second-order valence-electron chi connectivity index (χ2n) is 4.13. The molecule has 102 valence electrons. The van der Waals surface area contributed by atoms with Gasteiger partial charge in [0.25, 0.3) is 0 Å². The first kappa shape index (κ1) is 13.5. The average Bonchev–Trinajstić information content (AvgIpc) is 2.64. The number of anilines is 1. The molecule has 0 radical (unpaired) electrons. The molecule has 0 aromatic carbocycles. The van der Waals surface area contributed by atoms with E-state index in [4.69, 9.17) is 22.0 Å². The number of ether oxygens (including phenoxy) is 1. The molecule has 8 heteroatoms. The molecular formula is C11H12FN3O4. The van der Waals surface area contributed by atoms with Gasteiger partial charge in [-0.05, 0) is 6.07 Å². The molecule has 1 aromatic rings. The van der Waals surface area contributed by atoms with Crippen LogP contribution in [0.3, 0.4) is 0 Å². The molecule has 1 aliphatic heterocycles. The van der Waals surface area contributed by atoms with Crippen LogP contribution in [-0.2, 0) is 4.74 Å². The zero-order chi connectivity index (χ0) is 14.2. The maximum absolute atomic E-state index is 14.0. The van der Waals surface area contributed by atoms with Gasteiger partial charge >= 0.3 is 5.69 Å². The normalized spacial score (nSPS) is 34.1. The van der Waals surface area contributed by atoms with E-state index in [1.807, 2.05) is 5.92 Å². The fraction of sp³-hybridized carbons (Fsp3) is 0.455. The van der Waals surface area contributed by atoms with E-state index in [1.54, 1.807) is 0 Å². The Morgan fingerprint density at radius 2 is 2.42 bits per heavy atom. The van der Waals surface area contributed by atoms with Crippen molar-refractivity contribution in [3.05, 3.63) is 22.7 Å². The van der Waals surface area contributed by atoms with Crippen LogP contribution in [-0.4, -0.2) is 44.2 Å². The maximum atomic E-state index is 14.0. The summed E-state index contributed by atoms with van der Waals surface area (Å²) in [6.07, 6.45) is 1.12. The summed E-state index contributed by atoms with van der Waals surface area (Å²) < 4.78 is 20.0. The van der Waals surface area contributed by atoms with E-state index in [9.17, 15) is 14.3 Å². The molecule has 0 bridgehead atoms. The molecule has 1 fully saturated rings. The standard InChI is InChI=1S/C11H12FN3O4/c1-2-11(5-16)8(17)7(12)9(19-11)15-4-3-6(13)14-10(15)18/h1,3-4,7-9,16-17H,5H2,(H2,13,14,18)/t7-,8+,9-,11-/m1/s1. The number of hydrogen-bond acceptors (Lipinski definition) is 6. The molecule has 1 aromatic heterocycles. The van der Waals surface area contributed by atoms with E-state index in [2.05, 4.69) is 4.98 Å². The van der Waals surface area contributed by atoms with Crippen LogP contribution in [0, 0.1) is 12.3 Å². The van der Waals surface area contributed by atoms with Crippen molar-refractivity contribution >= 4 is 5.82 Å². The predicted molar refractivity (Wildman–Crippen MR) is 62.6 cm³/mol. The zero-order valence-electron chi connectivity index (χ0n) is 9.73. The van der Waals surface area contributed by atoms with E-state index >= 15 is 0 Å². The van der Waals surface area contributed by atoms with Gasteiger partial charge in [-0.2, -0.15) is 4.98 Å². The predicted octanol–water partition coefficient (Wildman–Crippen LogP) is -1.58. The van der Waals surface area contributed by atoms with Crippen LogP contribution in [0.4, 0.5) is 10.2 Å². The van der Waals surface area contributed by atoms with Crippen molar-refractivity contribution in [1.82, 2.24) is 9.55 Å². The van der Waals surface area contributed by atoms with E-state index in [-0.39, 0.29) is 5.82 Å². The number of terminal acetylenes is 1. The summed E-state index contributed by atoms with van der Waals surface area (Å²) in [5.74, 6) is 1.99. The Morgan fingerprint density at radius 1 is 1.74 bits per heavy atom. The third kappa shape index (κ3) is 1.98. The number of aromatic nitrogens is 2. The minimum Gasteiger partial charge on any atom is -0.392 e. The Kier molecular flexibility index (Phi) is 3.28. The fourth-order valence-electron chi connectivity index (χ4n) is 1.89. The molecule has 0 unspecified atom stereocenters. The Balaban J connectivity index is 2.43. The average molecular weight is 269 g/mol. The van der Waals surface area contributed by atoms with Crippen molar-refractivity contribution in [2.45, 2.75) is 24.1 Å².